The molecular formula is C16H16ClF4N3O2. The van der Waals surface area contributed by atoms with E-state index in [1.165, 1.54) is 29.5 Å². The second-order valence-corrected chi connectivity index (χ2v) is 6.71. The van der Waals surface area contributed by atoms with Crippen LogP contribution in [0.5, 0.6) is 5.75 Å². The van der Waals surface area contributed by atoms with Gasteiger partial charge in [-0.25, -0.2) is 14.1 Å². The van der Waals surface area contributed by atoms with Crippen molar-refractivity contribution in [2.24, 2.45) is 5.92 Å². The largest absolute Gasteiger partial charge is 0.484 e. The SMILES string of the molecule is OC(Cn1cncn1)(c1ccc(OCC(F)(F)F)cc1Cl)C(F)C1CC1. The summed E-state index contributed by atoms with van der Waals surface area (Å²) < 4.78 is 57.6. The maximum absolute atomic E-state index is 14.9. The third kappa shape index (κ3) is 4.27. The number of aromatic nitrogens is 3. The first-order chi connectivity index (χ1) is 12.2. The molecule has 26 heavy (non-hydrogen) atoms. The molecule has 0 amide bonds. The lowest BCUT2D eigenvalue weighted by Crippen LogP contribution is -2.42. The molecule has 2 aromatic rings. The van der Waals surface area contributed by atoms with Crippen LogP contribution in [-0.2, 0) is 12.1 Å². The second-order valence-electron chi connectivity index (χ2n) is 6.30. The van der Waals surface area contributed by atoms with Gasteiger partial charge in [-0.2, -0.15) is 18.3 Å². The van der Waals surface area contributed by atoms with Gasteiger partial charge >= 0.3 is 6.18 Å². The Bertz CT molecular complexity index is 752. The van der Waals surface area contributed by atoms with Gasteiger partial charge in [0, 0.05) is 5.56 Å². The van der Waals surface area contributed by atoms with Crippen molar-refractivity contribution in [3.8, 4) is 5.75 Å². The number of hydrogen-bond donors (Lipinski definition) is 1. The Morgan fingerprint density at radius 1 is 1.35 bits per heavy atom. The van der Waals surface area contributed by atoms with Crippen molar-refractivity contribution in [2.75, 3.05) is 6.61 Å². The van der Waals surface area contributed by atoms with Gasteiger partial charge in [-0.3, -0.25) is 0 Å². The zero-order valence-corrected chi connectivity index (χ0v) is 14.2. The summed E-state index contributed by atoms with van der Waals surface area (Å²) in [6.07, 6.45) is -2.23. The van der Waals surface area contributed by atoms with Crippen LogP contribution in [0.3, 0.4) is 0 Å². The Morgan fingerprint density at radius 2 is 2.08 bits per heavy atom. The van der Waals surface area contributed by atoms with E-state index in [4.69, 9.17) is 11.6 Å². The highest BCUT2D eigenvalue weighted by atomic mass is 35.5. The highest BCUT2D eigenvalue weighted by Crippen LogP contribution is 2.46. The minimum atomic E-state index is -4.49. The van der Waals surface area contributed by atoms with Gasteiger partial charge in [0.25, 0.3) is 0 Å². The molecule has 0 radical (unpaired) electrons. The molecule has 1 heterocycles. The van der Waals surface area contributed by atoms with Crippen LogP contribution in [0, 0.1) is 5.92 Å². The topological polar surface area (TPSA) is 60.2 Å². The fraction of sp³-hybridized carbons (Fsp3) is 0.500. The Labute approximate surface area is 151 Å². The number of alkyl halides is 4. The van der Waals surface area contributed by atoms with Crippen LogP contribution in [-0.4, -0.2) is 38.8 Å². The average Bonchev–Trinajstić information content (AvgIpc) is 3.29. The van der Waals surface area contributed by atoms with Gasteiger partial charge in [0.1, 0.15) is 30.2 Å². The minimum absolute atomic E-state index is 0.0634. The minimum Gasteiger partial charge on any atom is -0.484 e. The van der Waals surface area contributed by atoms with Crippen molar-refractivity contribution in [1.29, 1.82) is 0 Å². The molecule has 3 rings (SSSR count). The van der Waals surface area contributed by atoms with Crippen molar-refractivity contribution in [3.63, 3.8) is 0 Å². The van der Waals surface area contributed by atoms with E-state index in [0.29, 0.717) is 12.8 Å². The van der Waals surface area contributed by atoms with Gasteiger partial charge in [-0.1, -0.05) is 17.7 Å². The molecular weight excluding hydrogens is 378 g/mol. The summed E-state index contributed by atoms with van der Waals surface area (Å²) in [5.41, 5.74) is -1.93. The van der Waals surface area contributed by atoms with E-state index in [0.717, 1.165) is 6.07 Å². The van der Waals surface area contributed by atoms with Gasteiger partial charge < -0.3 is 9.84 Å². The van der Waals surface area contributed by atoms with Crippen LogP contribution in [0.25, 0.3) is 0 Å². The normalized spacial score (nSPS) is 18.4. The zero-order valence-electron chi connectivity index (χ0n) is 13.5. The summed E-state index contributed by atoms with van der Waals surface area (Å²) >= 11 is 6.14. The van der Waals surface area contributed by atoms with Crippen LogP contribution in [0.15, 0.2) is 30.9 Å². The van der Waals surface area contributed by atoms with Crippen LogP contribution < -0.4 is 4.74 Å². The van der Waals surface area contributed by atoms with E-state index in [-0.39, 0.29) is 28.8 Å². The number of rotatable bonds is 7. The molecule has 5 nitrogen and oxygen atoms in total. The fourth-order valence-corrected chi connectivity index (χ4v) is 3.10. The van der Waals surface area contributed by atoms with Crippen molar-refractivity contribution in [2.45, 2.75) is 37.3 Å². The lowest BCUT2D eigenvalue weighted by molar-refractivity contribution is -0.153. The van der Waals surface area contributed by atoms with Crippen molar-refractivity contribution < 1.29 is 27.4 Å². The molecule has 1 aliphatic carbocycles. The molecule has 1 N–H and O–H groups in total. The summed E-state index contributed by atoms with van der Waals surface area (Å²) in [5.74, 6) is -0.429. The quantitative estimate of drug-likeness (QED) is 0.731. The Hall–Kier alpha value is -1.87. The van der Waals surface area contributed by atoms with Crippen LogP contribution >= 0.6 is 11.6 Å². The number of nitrogens with zero attached hydrogens (tertiary/aromatic N) is 3. The van der Waals surface area contributed by atoms with E-state index in [2.05, 4.69) is 14.8 Å². The molecule has 1 aliphatic rings. The van der Waals surface area contributed by atoms with Gasteiger partial charge in [-0.15, -0.1) is 0 Å². The lowest BCUT2D eigenvalue weighted by atomic mass is 9.86. The summed E-state index contributed by atoms with van der Waals surface area (Å²) in [4.78, 5) is 3.76. The van der Waals surface area contributed by atoms with E-state index < -0.39 is 24.6 Å². The number of aliphatic hydroxyl groups is 1. The fourth-order valence-electron chi connectivity index (χ4n) is 2.76. The maximum Gasteiger partial charge on any atom is 0.422 e. The number of halogens is 5. The molecule has 2 unspecified atom stereocenters. The van der Waals surface area contributed by atoms with Gasteiger partial charge in [-0.05, 0) is 30.9 Å². The van der Waals surface area contributed by atoms with Crippen LogP contribution in [0.4, 0.5) is 17.6 Å². The average molecular weight is 394 g/mol. The van der Waals surface area contributed by atoms with Crippen LogP contribution in [0.1, 0.15) is 18.4 Å². The number of hydrogen-bond acceptors (Lipinski definition) is 4. The first-order valence-corrected chi connectivity index (χ1v) is 8.25. The molecule has 2 atom stereocenters. The summed E-state index contributed by atoms with van der Waals surface area (Å²) in [7, 11) is 0. The third-order valence-corrected chi connectivity index (χ3v) is 4.48. The van der Waals surface area contributed by atoms with Gasteiger partial charge in [0.05, 0.1) is 11.6 Å². The smallest absolute Gasteiger partial charge is 0.422 e. The Kier molecular flexibility index (Phi) is 5.12. The molecule has 1 saturated carbocycles. The third-order valence-electron chi connectivity index (χ3n) is 4.17. The molecule has 1 aromatic carbocycles. The van der Waals surface area contributed by atoms with Crippen molar-refractivity contribution in [3.05, 3.63) is 41.4 Å². The van der Waals surface area contributed by atoms with Gasteiger partial charge in [0.2, 0.25) is 0 Å². The predicted octanol–water partition coefficient (Wildman–Crippen LogP) is 3.51. The molecule has 0 spiro atoms. The highest BCUT2D eigenvalue weighted by Gasteiger charge is 2.49. The predicted molar refractivity (Wildman–Crippen MR) is 84.5 cm³/mol. The molecule has 142 valence electrons. The summed E-state index contributed by atoms with van der Waals surface area (Å²) in [6, 6.07) is 3.63. The van der Waals surface area contributed by atoms with Crippen molar-refractivity contribution in [1.82, 2.24) is 14.8 Å². The van der Waals surface area contributed by atoms with Crippen molar-refractivity contribution >= 4 is 11.6 Å². The summed E-state index contributed by atoms with van der Waals surface area (Å²) in [5, 5.41) is 14.9. The molecule has 1 aromatic heterocycles. The van der Waals surface area contributed by atoms with E-state index in [1.54, 1.807) is 0 Å². The first-order valence-electron chi connectivity index (χ1n) is 7.87. The van der Waals surface area contributed by atoms with E-state index in [1.807, 2.05) is 0 Å². The van der Waals surface area contributed by atoms with Crippen LogP contribution in [0.2, 0.25) is 5.02 Å². The Balaban J connectivity index is 1.88. The molecule has 0 saturated heterocycles. The second kappa shape index (κ2) is 7.03. The molecule has 10 heteroatoms. The number of ether oxygens (including phenoxy) is 1. The maximum atomic E-state index is 14.9. The highest BCUT2D eigenvalue weighted by molar-refractivity contribution is 6.31. The molecule has 0 aliphatic heterocycles. The summed E-state index contributed by atoms with van der Waals surface area (Å²) in [6.45, 7) is -1.70. The molecule has 0 bridgehead atoms. The number of benzene rings is 1. The van der Waals surface area contributed by atoms with Gasteiger partial charge in [0.15, 0.2) is 6.61 Å². The van der Waals surface area contributed by atoms with E-state index in [9.17, 15) is 22.7 Å². The first kappa shape index (κ1) is 18.9. The monoisotopic (exact) mass is 393 g/mol. The lowest BCUT2D eigenvalue weighted by Gasteiger charge is -2.33. The Morgan fingerprint density at radius 3 is 2.62 bits per heavy atom. The molecule has 1 fully saturated rings. The van der Waals surface area contributed by atoms with E-state index >= 15 is 0 Å². The standard InChI is InChI=1S/C16H16ClF4N3O2/c17-13-5-11(26-7-16(19,20)21)3-4-12(13)15(25,14(18)10-1-2-10)6-24-9-22-8-23-24/h3-5,8-10,14,25H,1-2,6-7H2. The zero-order chi connectivity index (χ0) is 18.9.